The highest BCUT2D eigenvalue weighted by Gasteiger charge is 2.15. The van der Waals surface area contributed by atoms with E-state index < -0.39 is 0 Å². The maximum absolute atomic E-state index is 12.4. The zero-order valence-corrected chi connectivity index (χ0v) is 14.2. The van der Waals surface area contributed by atoms with Gasteiger partial charge in [-0.1, -0.05) is 11.2 Å². The highest BCUT2D eigenvalue weighted by atomic mass is 16.5. The van der Waals surface area contributed by atoms with Gasteiger partial charge in [0.25, 0.3) is 5.56 Å². The van der Waals surface area contributed by atoms with Crippen LogP contribution < -0.4 is 10.9 Å². The van der Waals surface area contributed by atoms with Gasteiger partial charge in [0.1, 0.15) is 5.76 Å². The molecule has 0 radical (unpaired) electrons. The highest BCUT2D eigenvalue weighted by molar-refractivity contribution is 5.81. The molecule has 0 fully saturated rings. The molecule has 0 saturated carbocycles. The van der Waals surface area contributed by atoms with Gasteiger partial charge in [0.2, 0.25) is 5.91 Å². The lowest BCUT2D eigenvalue weighted by Crippen LogP contribution is -2.26. The minimum Gasteiger partial charge on any atom is -0.360 e. The van der Waals surface area contributed by atoms with E-state index in [0.29, 0.717) is 42.8 Å². The summed E-state index contributed by atoms with van der Waals surface area (Å²) in [5.74, 6) is 0.506. The molecule has 25 heavy (non-hydrogen) atoms. The highest BCUT2D eigenvalue weighted by Crippen LogP contribution is 2.16. The minimum atomic E-state index is -0.298. The third kappa shape index (κ3) is 3.73. The average molecular weight is 341 g/mol. The van der Waals surface area contributed by atoms with E-state index in [0.717, 1.165) is 5.56 Å². The van der Waals surface area contributed by atoms with Gasteiger partial charge in [-0.15, -0.1) is 0 Å². The Morgan fingerprint density at radius 3 is 2.96 bits per heavy atom. The van der Waals surface area contributed by atoms with Crippen molar-refractivity contribution < 1.29 is 9.32 Å². The zero-order valence-electron chi connectivity index (χ0n) is 14.2. The summed E-state index contributed by atoms with van der Waals surface area (Å²) < 4.78 is 6.42. The Bertz CT molecular complexity index is 946. The first-order valence-electron chi connectivity index (χ1n) is 8.05. The van der Waals surface area contributed by atoms with E-state index in [1.807, 2.05) is 19.1 Å². The number of amides is 1. The maximum atomic E-state index is 12.4. The molecule has 3 rings (SSSR count). The van der Waals surface area contributed by atoms with Crippen LogP contribution in [0.15, 0.2) is 33.8 Å². The van der Waals surface area contributed by atoms with Crippen molar-refractivity contribution in [1.29, 1.82) is 0 Å². The van der Waals surface area contributed by atoms with Gasteiger partial charge in [-0.25, -0.2) is 4.68 Å². The average Bonchev–Trinajstić information content (AvgIpc) is 3.01. The molecule has 0 spiro atoms. The fourth-order valence-corrected chi connectivity index (χ4v) is 2.68. The van der Waals surface area contributed by atoms with E-state index in [9.17, 15) is 9.59 Å². The van der Waals surface area contributed by atoms with Crippen molar-refractivity contribution in [2.24, 2.45) is 0 Å². The van der Waals surface area contributed by atoms with Gasteiger partial charge >= 0.3 is 0 Å². The Morgan fingerprint density at radius 2 is 2.20 bits per heavy atom. The van der Waals surface area contributed by atoms with Gasteiger partial charge in [-0.05, 0) is 31.9 Å². The number of aromatic nitrogens is 4. The fraction of sp³-hybridized carbons (Fsp3) is 0.353. The monoisotopic (exact) mass is 341 g/mol. The molecule has 3 aromatic heterocycles. The molecule has 0 aliphatic heterocycles. The van der Waals surface area contributed by atoms with Crippen LogP contribution in [0.25, 0.3) is 10.9 Å². The van der Waals surface area contributed by atoms with E-state index in [2.05, 4.69) is 20.6 Å². The first-order chi connectivity index (χ1) is 12.1. The summed E-state index contributed by atoms with van der Waals surface area (Å²) in [5.41, 5.74) is 1.62. The number of nitrogens with zero attached hydrogens (tertiary/aromatic N) is 4. The summed E-state index contributed by atoms with van der Waals surface area (Å²) >= 11 is 0. The van der Waals surface area contributed by atoms with Crippen LogP contribution in [-0.4, -0.2) is 25.8 Å². The van der Waals surface area contributed by atoms with Crippen molar-refractivity contribution in [3.05, 3.63) is 51.9 Å². The van der Waals surface area contributed by atoms with Crippen LogP contribution in [0.5, 0.6) is 0 Å². The molecule has 8 nitrogen and oxygen atoms in total. The van der Waals surface area contributed by atoms with Crippen LogP contribution >= 0.6 is 0 Å². The van der Waals surface area contributed by atoms with Crippen molar-refractivity contribution >= 4 is 16.8 Å². The topological polar surface area (TPSA) is 103 Å². The van der Waals surface area contributed by atoms with Gasteiger partial charge in [0.05, 0.1) is 11.1 Å². The SMILES string of the molecule is Cc1nn(CCCC(=O)NCc2cccnc2)c(=O)c2noc(C)c12. The number of carbonyl (C=O) groups is 1. The number of nitrogens with one attached hydrogen (secondary N) is 1. The Labute approximate surface area is 143 Å². The third-order valence-corrected chi connectivity index (χ3v) is 3.92. The second-order valence-electron chi connectivity index (χ2n) is 5.82. The van der Waals surface area contributed by atoms with Crippen LogP contribution in [-0.2, 0) is 17.9 Å². The Morgan fingerprint density at radius 1 is 1.36 bits per heavy atom. The number of hydrogen-bond acceptors (Lipinski definition) is 6. The normalized spacial score (nSPS) is 11.0. The summed E-state index contributed by atoms with van der Waals surface area (Å²) in [6, 6.07) is 3.72. The Balaban J connectivity index is 1.57. The Kier molecular flexibility index (Phi) is 4.87. The molecule has 8 heteroatoms. The molecule has 0 aliphatic rings. The number of pyridine rings is 1. The predicted molar refractivity (Wildman–Crippen MR) is 90.9 cm³/mol. The predicted octanol–water partition coefficient (Wildman–Crippen LogP) is 1.49. The number of fused-ring (bicyclic) bond motifs is 1. The maximum Gasteiger partial charge on any atom is 0.296 e. The fourth-order valence-electron chi connectivity index (χ4n) is 2.68. The van der Waals surface area contributed by atoms with Crippen molar-refractivity contribution in [3.63, 3.8) is 0 Å². The molecule has 0 saturated heterocycles. The second kappa shape index (κ2) is 7.25. The lowest BCUT2D eigenvalue weighted by molar-refractivity contribution is -0.121. The number of carbonyl (C=O) groups excluding carboxylic acids is 1. The summed E-state index contributed by atoms with van der Waals surface area (Å²) in [7, 11) is 0. The molecule has 0 aliphatic carbocycles. The van der Waals surface area contributed by atoms with Crippen molar-refractivity contribution in [1.82, 2.24) is 25.2 Å². The summed E-state index contributed by atoms with van der Waals surface area (Å²) in [5, 5.41) is 11.6. The minimum absolute atomic E-state index is 0.0769. The first-order valence-corrected chi connectivity index (χ1v) is 8.05. The van der Waals surface area contributed by atoms with Gasteiger partial charge in [0.15, 0.2) is 5.52 Å². The van der Waals surface area contributed by atoms with Gasteiger partial charge in [0, 0.05) is 31.9 Å². The molecule has 0 aromatic carbocycles. The van der Waals surface area contributed by atoms with Gasteiger partial charge < -0.3 is 9.84 Å². The van der Waals surface area contributed by atoms with Crippen LogP contribution in [0.3, 0.4) is 0 Å². The van der Waals surface area contributed by atoms with Crippen molar-refractivity contribution in [2.45, 2.75) is 39.8 Å². The quantitative estimate of drug-likeness (QED) is 0.729. The van der Waals surface area contributed by atoms with Crippen molar-refractivity contribution in [2.75, 3.05) is 0 Å². The van der Waals surface area contributed by atoms with Crippen molar-refractivity contribution in [3.8, 4) is 0 Å². The Hall–Kier alpha value is -3.03. The number of rotatable bonds is 6. The summed E-state index contributed by atoms with van der Waals surface area (Å²) in [4.78, 5) is 28.3. The van der Waals surface area contributed by atoms with E-state index in [1.54, 1.807) is 19.3 Å². The van der Waals surface area contributed by atoms with Crippen LogP contribution in [0.4, 0.5) is 0 Å². The van der Waals surface area contributed by atoms with E-state index in [4.69, 9.17) is 4.52 Å². The molecule has 0 atom stereocenters. The second-order valence-corrected chi connectivity index (χ2v) is 5.82. The van der Waals surface area contributed by atoms with Gasteiger partial charge in [-0.2, -0.15) is 5.10 Å². The molecule has 3 aromatic rings. The largest absolute Gasteiger partial charge is 0.360 e. The lowest BCUT2D eigenvalue weighted by Gasteiger charge is -2.07. The number of hydrogen-bond donors (Lipinski definition) is 1. The standard InChI is InChI=1S/C17H19N5O3/c1-11-15-12(2)25-21-16(15)17(24)22(20-11)8-4-6-14(23)19-10-13-5-3-7-18-9-13/h3,5,7,9H,4,6,8,10H2,1-2H3,(H,19,23). The molecule has 0 bridgehead atoms. The first kappa shape index (κ1) is 16.8. The molecule has 1 amide bonds. The smallest absolute Gasteiger partial charge is 0.296 e. The van der Waals surface area contributed by atoms with E-state index in [-0.39, 0.29) is 17.0 Å². The molecule has 1 N–H and O–H groups in total. The molecule has 0 unspecified atom stereocenters. The number of aryl methyl sites for hydroxylation is 3. The van der Waals surface area contributed by atoms with Crippen LogP contribution in [0, 0.1) is 13.8 Å². The van der Waals surface area contributed by atoms with Crippen LogP contribution in [0.1, 0.15) is 29.9 Å². The molecule has 3 heterocycles. The molecular formula is C17H19N5O3. The zero-order chi connectivity index (χ0) is 17.8. The third-order valence-electron chi connectivity index (χ3n) is 3.92. The summed E-state index contributed by atoms with van der Waals surface area (Å²) in [6.45, 7) is 4.35. The molecule has 130 valence electrons. The molecular weight excluding hydrogens is 322 g/mol. The summed E-state index contributed by atoms with van der Waals surface area (Å²) in [6.07, 6.45) is 4.21. The van der Waals surface area contributed by atoms with E-state index in [1.165, 1.54) is 4.68 Å². The van der Waals surface area contributed by atoms with Crippen LogP contribution in [0.2, 0.25) is 0 Å². The van der Waals surface area contributed by atoms with Gasteiger partial charge in [-0.3, -0.25) is 14.6 Å². The lowest BCUT2D eigenvalue weighted by atomic mass is 10.2. The van der Waals surface area contributed by atoms with E-state index >= 15 is 0 Å².